The van der Waals surface area contributed by atoms with E-state index in [1.807, 2.05) is 18.2 Å². The molecule has 1 aromatic rings. The molecule has 1 rings (SSSR count). The zero-order chi connectivity index (χ0) is 12.1. The van der Waals surface area contributed by atoms with Crippen molar-refractivity contribution in [2.75, 3.05) is 5.75 Å². The molecular weight excluding hydrogens is 240 g/mol. The quantitative estimate of drug-likeness (QED) is 0.479. The van der Waals surface area contributed by atoms with Crippen LogP contribution in [0.5, 0.6) is 0 Å². The molecule has 0 aliphatic carbocycles. The summed E-state index contributed by atoms with van der Waals surface area (Å²) in [7, 11) is 0. The second-order valence-electron chi connectivity index (χ2n) is 4.09. The van der Waals surface area contributed by atoms with Gasteiger partial charge in [-0.1, -0.05) is 25.4 Å². The Hall–Kier alpha value is -0.670. The summed E-state index contributed by atoms with van der Waals surface area (Å²) in [5, 5.41) is 7.89. The maximum absolute atomic E-state index is 7.33. The molecule has 2 nitrogen and oxygen atoms in total. The third kappa shape index (κ3) is 4.06. The fraction of sp³-hybridized carbons (Fsp3) is 0.417. The van der Waals surface area contributed by atoms with Gasteiger partial charge in [0, 0.05) is 10.5 Å². The van der Waals surface area contributed by atoms with E-state index in [4.69, 9.17) is 22.7 Å². The Bertz CT molecular complexity index is 377. The highest BCUT2D eigenvalue weighted by Crippen LogP contribution is 2.25. The monoisotopic (exact) mass is 256 g/mol. The number of hydrogen-bond donors (Lipinski definition) is 2. The molecule has 0 saturated heterocycles. The molecule has 0 heterocycles. The average molecular weight is 257 g/mol. The van der Waals surface area contributed by atoms with Crippen LogP contribution in [0.2, 0.25) is 5.02 Å². The lowest BCUT2D eigenvalue weighted by atomic mass is 10.2. The number of halogens is 1. The fourth-order valence-corrected chi connectivity index (χ4v) is 2.75. The van der Waals surface area contributed by atoms with Gasteiger partial charge in [-0.05, 0) is 36.3 Å². The van der Waals surface area contributed by atoms with Gasteiger partial charge in [-0.3, -0.25) is 5.41 Å². The van der Waals surface area contributed by atoms with Gasteiger partial charge >= 0.3 is 0 Å². The van der Waals surface area contributed by atoms with Crippen LogP contribution < -0.4 is 5.73 Å². The highest BCUT2D eigenvalue weighted by Gasteiger charge is 2.05. The van der Waals surface area contributed by atoms with Gasteiger partial charge in [0.05, 0.1) is 5.02 Å². The Morgan fingerprint density at radius 2 is 2.19 bits per heavy atom. The van der Waals surface area contributed by atoms with Crippen LogP contribution in [-0.2, 0) is 0 Å². The fourth-order valence-electron chi connectivity index (χ4n) is 1.22. The first-order valence-electron chi connectivity index (χ1n) is 5.27. The smallest absolute Gasteiger partial charge is 0.124 e. The molecule has 0 bridgehead atoms. The molecule has 0 aliphatic rings. The van der Waals surface area contributed by atoms with Crippen molar-refractivity contribution in [2.45, 2.75) is 25.2 Å². The molecule has 0 spiro atoms. The number of benzene rings is 1. The van der Waals surface area contributed by atoms with E-state index in [0.717, 1.165) is 16.6 Å². The zero-order valence-corrected chi connectivity index (χ0v) is 11.2. The molecule has 1 aromatic carbocycles. The Balaban J connectivity index is 2.63. The predicted octanol–water partition coefficient (Wildman–Crippen LogP) is 3.76. The summed E-state index contributed by atoms with van der Waals surface area (Å²) in [6.45, 7) is 4.43. The number of thioether (sulfide) groups is 1. The van der Waals surface area contributed by atoms with Gasteiger partial charge in [0.15, 0.2) is 0 Å². The molecule has 16 heavy (non-hydrogen) atoms. The van der Waals surface area contributed by atoms with Crippen LogP contribution in [-0.4, -0.2) is 11.6 Å². The predicted molar refractivity (Wildman–Crippen MR) is 72.6 cm³/mol. The second kappa shape index (κ2) is 6.16. The molecule has 0 atom stereocenters. The molecule has 88 valence electrons. The van der Waals surface area contributed by atoms with Gasteiger partial charge < -0.3 is 5.73 Å². The van der Waals surface area contributed by atoms with Crippen molar-refractivity contribution >= 4 is 29.2 Å². The van der Waals surface area contributed by atoms with E-state index < -0.39 is 0 Å². The van der Waals surface area contributed by atoms with Crippen LogP contribution in [0.4, 0.5) is 0 Å². The van der Waals surface area contributed by atoms with Gasteiger partial charge in [0.25, 0.3) is 0 Å². The molecule has 0 radical (unpaired) electrons. The molecule has 3 N–H and O–H groups in total. The minimum Gasteiger partial charge on any atom is -0.384 e. The number of rotatable bonds is 5. The maximum Gasteiger partial charge on any atom is 0.124 e. The Morgan fingerprint density at radius 1 is 1.50 bits per heavy atom. The molecule has 0 aromatic heterocycles. The van der Waals surface area contributed by atoms with Crippen molar-refractivity contribution in [3.05, 3.63) is 28.8 Å². The molecule has 0 fully saturated rings. The van der Waals surface area contributed by atoms with Crippen LogP contribution in [0.15, 0.2) is 23.1 Å². The number of hydrogen-bond acceptors (Lipinski definition) is 2. The van der Waals surface area contributed by atoms with E-state index in [9.17, 15) is 0 Å². The van der Waals surface area contributed by atoms with E-state index in [2.05, 4.69) is 13.8 Å². The standard InChI is InChI=1S/C12H17ClN2S/c1-8(2)5-6-16-9-3-4-10(12(14)15)11(13)7-9/h3-4,7-8H,5-6H2,1-2H3,(H3,14,15). The Morgan fingerprint density at radius 3 is 2.69 bits per heavy atom. The van der Waals surface area contributed by atoms with Crippen molar-refractivity contribution in [1.29, 1.82) is 5.41 Å². The van der Waals surface area contributed by atoms with Crippen LogP contribution in [0.25, 0.3) is 0 Å². The van der Waals surface area contributed by atoms with Crippen molar-refractivity contribution < 1.29 is 0 Å². The van der Waals surface area contributed by atoms with E-state index in [0.29, 0.717) is 10.6 Å². The average Bonchev–Trinajstić information content (AvgIpc) is 2.16. The van der Waals surface area contributed by atoms with E-state index >= 15 is 0 Å². The SMILES string of the molecule is CC(C)CCSc1ccc(C(=N)N)c(Cl)c1. The second-order valence-corrected chi connectivity index (χ2v) is 5.66. The lowest BCUT2D eigenvalue weighted by Gasteiger charge is -2.07. The minimum absolute atomic E-state index is 0.0173. The summed E-state index contributed by atoms with van der Waals surface area (Å²) in [6, 6.07) is 5.65. The van der Waals surface area contributed by atoms with Crippen molar-refractivity contribution in [2.24, 2.45) is 11.7 Å². The number of nitrogen functional groups attached to an aromatic ring is 1. The third-order valence-corrected chi connectivity index (χ3v) is 3.53. The minimum atomic E-state index is 0.0173. The van der Waals surface area contributed by atoms with E-state index in [-0.39, 0.29) is 5.84 Å². The summed E-state index contributed by atoms with van der Waals surface area (Å²) >= 11 is 7.82. The Labute approximate surface area is 106 Å². The van der Waals surface area contributed by atoms with Crippen molar-refractivity contribution in [3.63, 3.8) is 0 Å². The highest BCUT2D eigenvalue weighted by molar-refractivity contribution is 7.99. The molecule has 0 amide bonds. The Kier molecular flexibility index (Phi) is 5.16. The van der Waals surface area contributed by atoms with Crippen molar-refractivity contribution in [1.82, 2.24) is 0 Å². The lowest BCUT2D eigenvalue weighted by Crippen LogP contribution is -2.11. The molecule has 0 aliphatic heterocycles. The topological polar surface area (TPSA) is 49.9 Å². The van der Waals surface area contributed by atoms with E-state index in [1.165, 1.54) is 6.42 Å². The summed E-state index contributed by atoms with van der Waals surface area (Å²) in [4.78, 5) is 1.13. The van der Waals surface area contributed by atoms with Gasteiger partial charge in [-0.25, -0.2) is 0 Å². The highest BCUT2D eigenvalue weighted by atomic mass is 35.5. The summed E-state index contributed by atoms with van der Waals surface area (Å²) in [6.07, 6.45) is 1.19. The number of amidine groups is 1. The number of nitrogens with two attached hydrogens (primary N) is 1. The molecule has 0 unspecified atom stereocenters. The first-order chi connectivity index (χ1) is 7.50. The summed E-state index contributed by atoms with van der Waals surface area (Å²) in [5.74, 6) is 1.83. The van der Waals surface area contributed by atoms with Crippen LogP contribution in [0.3, 0.4) is 0 Å². The van der Waals surface area contributed by atoms with Crippen LogP contribution in [0.1, 0.15) is 25.8 Å². The molecule has 0 saturated carbocycles. The first kappa shape index (κ1) is 13.4. The molecule has 4 heteroatoms. The van der Waals surface area contributed by atoms with E-state index in [1.54, 1.807) is 11.8 Å². The number of nitrogens with one attached hydrogen (secondary N) is 1. The first-order valence-corrected chi connectivity index (χ1v) is 6.64. The normalized spacial score (nSPS) is 10.8. The van der Waals surface area contributed by atoms with Crippen molar-refractivity contribution in [3.8, 4) is 0 Å². The molecular formula is C12H17ClN2S. The summed E-state index contributed by atoms with van der Waals surface area (Å²) in [5.41, 5.74) is 6.00. The third-order valence-electron chi connectivity index (χ3n) is 2.19. The van der Waals surface area contributed by atoms with Crippen LogP contribution >= 0.6 is 23.4 Å². The largest absolute Gasteiger partial charge is 0.384 e. The van der Waals surface area contributed by atoms with Crippen LogP contribution in [0, 0.1) is 11.3 Å². The lowest BCUT2D eigenvalue weighted by molar-refractivity contribution is 0.632. The van der Waals surface area contributed by atoms with Gasteiger partial charge in [-0.2, -0.15) is 0 Å². The van der Waals surface area contributed by atoms with Gasteiger partial charge in [0.1, 0.15) is 5.84 Å². The van der Waals surface area contributed by atoms with Gasteiger partial charge in [0.2, 0.25) is 0 Å². The maximum atomic E-state index is 7.33. The zero-order valence-electron chi connectivity index (χ0n) is 9.59. The van der Waals surface area contributed by atoms with Gasteiger partial charge in [-0.15, -0.1) is 11.8 Å². The summed E-state index contributed by atoms with van der Waals surface area (Å²) < 4.78 is 0.